The van der Waals surface area contributed by atoms with Gasteiger partial charge in [0.2, 0.25) is 0 Å². The van der Waals surface area contributed by atoms with Gasteiger partial charge in [0.05, 0.1) is 45.9 Å². The molecule has 13 nitrogen and oxygen atoms in total. The number of nitrogens with zero attached hydrogens (tertiary/aromatic N) is 1. The predicted octanol–water partition coefficient (Wildman–Crippen LogP) is 7.20. The number of nitrogen functional groups attached to an aromatic ring is 2. The average Bonchev–Trinajstić information content (AvgIpc) is 3.01. The number of nitrogens with two attached hydrogens (primary N) is 2. The first-order valence-electron chi connectivity index (χ1n) is 13.3. The summed E-state index contributed by atoms with van der Waals surface area (Å²) >= 11 is 29.0. The van der Waals surface area contributed by atoms with Gasteiger partial charge >= 0.3 is 28.3 Å². The van der Waals surface area contributed by atoms with E-state index in [-0.39, 0.29) is 31.1 Å². The Hall–Kier alpha value is -2.16. The second kappa shape index (κ2) is 21.1. The Bertz CT molecular complexity index is 2160. The number of rotatable bonds is 5. The molecule has 292 valence electrons. The van der Waals surface area contributed by atoms with Crippen molar-refractivity contribution in [2.75, 3.05) is 36.5 Å². The molecule has 52 heavy (non-hydrogen) atoms. The van der Waals surface area contributed by atoms with Gasteiger partial charge in [-0.25, -0.2) is 33.7 Å². The molecule has 4 rings (SSSR count). The molecule has 0 aliphatic rings. The van der Waals surface area contributed by atoms with E-state index in [9.17, 15) is 43.8 Å². The first-order chi connectivity index (χ1) is 23.5. The van der Waals surface area contributed by atoms with Gasteiger partial charge in [0.15, 0.2) is 39.3 Å². The summed E-state index contributed by atoms with van der Waals surface area (Å²) in [5.74, 6) is 0. The van der Waals surface area contributed by atoms with Crippen molar-refractivity contribution in [1.29, 1.82) is 0 Å². The van der Waals surface area contributed by atoms with Gasteiger partial charge in [-0.2, -0.15) is 0 Å². The Morgan fingerprint density at radius 1 is 0.538 bits per heavy atom. The fraction of sp³-hybridized carbons (Fsp3) is 0.172. The van der Waals surface area contributed by atoms with Crippen LogP contribution < -0.4 is 11.5 Å². The first-order valence-corrected chi connectivity index (χ1v) is 24.7. The van der Waals surface area contributed by atoms with Crippen LogP contribution in [0.2, 0.25) is 20.1 Å². The summed E-state index contributed by atoms with van der Waals surface area (Å²) in [5.41, 5.74) is 11.8. The number of hydrogen-bond donors (Lipinski definition) is 2. The number of benzene rings is 4. The molecule has 0 radical (unpaired) electrons. The summed E-state index contributed by atoms with van der Waals surface area (Å²) in [6.07, 6.45) is 4.39. The van der Waals surface area contributed by atoms with Gasteiger partial charge in [0.1, 0.15) is 5.02 Å². The molecule has 0 amide bonds. The summed E-state index contributed by atoms with van der Waals surface area (Å²) in [6.45, 7) is 1.77. The van der Waals surface area contributed by atoms with Crippen LogP contribution in [0.25, 0.3) is 0 Å². The summed E-state index contributed by atoms with van der Waals surface area (Å²) in [6, 6.07) is 16.5. The summed E-state index contributed by atoms with van der Waals surface area (Å²) in [4.78, 5) is 10.3. The standard InChI is InChI=1S/C8H9ClO2S.C7H6ClNO4S.2C7H8ClNO2S.BrH.Cu/c1-6-5-7(12(2,10)11)3-4-8(6)9;1-14(12,13)5-2-3-6(8)7(4-5)9(10)11;2*1-12(10,11)5-2-3-6(8)7(9)4-5;;/h3-5H,1-2H3;2-4H,1H3;2*2-4H,9H2,1H3;1H;/q;;;;;+1/p-1. The molecule has 0 aromatic heterocycles. The number of halogens is 5. The first kappa shape index (κ1) is 49.8. The van der Waals surface area contributed by atoms with Crippen molar-refractivity contribution < 1.29 is 52.8 Å². The summed E-state index contributed by atoms with van der Waals surface area (Å²) < 4.78 is 88.2. The van der Waals surface area contributed by atoms with E-state index >= 15 is 0 Å². The van der Waals surface area contributed by atoms with E-state index in [0.29, 0.717) is 20.0 Å². The Balaban J connectivity index is 0.000000657. The van der Waals surface area contributed by atoms with E-state index in [1.165, 1.54) is 60.9 Å². The van der Waals surface area contributed by atoms with Gasteiger partial charge < -0.3 is 11.5 Å². The Labute approximate surface area is 338 Å². The predicted molar refractivity (Wildman–Crippen MR) is 207 cm³/mol. The van der Waals surface area contributed by atoms with Gasteiger partial charge in [-0.15, -0.1) is 0 Å². The van der Waals surface area contributed by atoms with E-state index in [2.05, 4.69) is 28.3 Å². The van der Waals surface area contributed by atoms with E-state index < -0.39 is 50.0 Å². The van der Waals surface area contributed by atoms with Gasteiger partial charge in [-0.3, -0.25) is 10.1 Å². The van der Waals surface area contributed by atoms with Crippen LogP contribution in [0.15, 0.2) is 92.4 Å². The third-order valence-corrected chi connectivity index (χ3v) is 11.8. The van der Waals surface area contributed by atoms with Crippen molar-refractivity contribution in [1.82, 2.24) is 0 Å². The summed E-state index contributed by atoms with van der Waals surface area (Å²) in [7, 11) is -12.9. The molecule has 0 fully saturated rings. The number of anilines is 2. The van der Waals surface area contributed by atoms with Crippen molar-refractivity contribution in [2.45, 2.75) is 26.5 Å². The average molecular weight is 995 g/mol. The maximum absolute atomic E-state index is 11.1. The molecule has 4 aromatic carbocycles. The van der Waals surface area contributed by atoms with Crippen LogP contribution in [0.4, 0.5) is 17.1 Å². The molecule has 0 heterocycles. The van der Waals surface area contributed by atoms with Crippen LogP contribution in [0.1, 0.15) is 5.56 Å². The summed E-state index contributed by atoms with van der Waals surface area (Å²) in [5, 5.41) is 11.7. The molecule has 23 heteroatoms. The van der Waals surface area contributed by atoms with Crippen molar-refractivity contribution in [3.63, 3.8) is 0 Å². The monoisotopic (exact) mass is 991 g/mol. The van der Waals surface area contributed by atoms with Gasteiger partial charge in [-0.05, 0) is 79.2 Å². The van der Waals surface area contributed by atoms with Gasteiger partial charge in [0.25, 0.3) is 5.69 Å². The van der Waals surface area contributed by atoms with Crippen molar-refractivity contribution >= 4 is 117 Å². The molecule has 0 bridgehead atoms. The zero-order chi connectivity index (χ0) is 41.0. The van der Waals surface area contributed by atoms with Crippen LogP contribution in [-0.4, -0.2) is 63.6 Å². The van der Waals surface area contributed by atoms with Crippen LogP contribution in [0.3, 0.4) is 0 Å². The fourth-order valence-electron chi connectivity index (χ4n) is 3.22. The third-order valence-electron chi connectivity index (χ3n) is 5.89. The molecule has 0 saturated carbocycles. The molecular weight excluding hydrogens is 964 g/mol. The molecule has 0 unspecified atom stereocenters. The molecule has 0 atom stereocenters. The minimum absolute atomic E-state index is 0.0811. The van der Waals surface area contributed by atoms with E-state index in [4.69, 9.17) is 57.9 Å². The molecular formula is C29H31BrCl4CuN3O10S4. The van der Waals surface area contributed by atoms with Crippen LogP contribution in [0.5, 0.6) is 0 Å². The van der Waals surface area contributed by atoms with Crippen molar-refractivity contribution in [3.8, 4) is 0 Å². The van der Waals surface area contributed by atoms with Crippen LogP contribution >= 0.6 is 60.5 Å². The minimum atomic E-state index is -3.44. The third kappa shape index (κ3) is 17.3. The Kier molecular flexibility index (Phi) is 20.2. The fourth-order valence-corrected chi connectivity index (χ4v) is 6.41. The molecule has 4 N–H and O–H groups in total. The maximum atomic E-state index is 11.1. The zero-order valence-electron chi connectivity index (χ0n) is 27.4. The normalized spacial score (nSPS) is 11.2. The second-order valence-corrected chi connectivity index (χ2v) is 19.9. The number of sulfone groups is 4. The van der Waals surface area contributed by atoms with Crippen LogP contribution in [0, 0.1) is 17.0 Å². The van der Waals surface area contributed by atoms with Crippen molar-refractivity contribution in [3.05, 3.63) is 109 Å². The SMILES string of the molecule is CS(=O)(=O)c1ccc(Cl)c(N)c1.CS(=O)(=O)c1ccc(Cl)c(N)c1.CS(=O)(=O)c1ccc(Cl)c([N+](=O)[O-])c1.Cc1cc(S(C)(=O)=O)ccc1Cl.[Cu][Br]. The van der Waals surface area contributed by atoms with E-state index in [0.717, 1.165) is 30.4 Å². The number of nitro groups is 1. The number of aryl methyl sites for hydroxylation is 1. The Morgan fingerprint density at radius 2 is 0.808 bits per heavy atom. The van der Waals surface area contributed by atoms with Gasteiger partial charge in [-0.1, -0.05) is 46.4 Å². The second-order valence-electron chi connectivity index (χ2n) is 10.2. The molecule has 0 aliphatic carbocycles. The molecule has 0 saturated heterocycles. The molecule has 0 aliphatic heterocycles. The van der Waals surface area contributed by atoms with Gasteiger partial charge in [0, 0.05) is 36.1 Å². The van der Waals surface area contributed by atoms with Crippen molar-refractivity contribution in [2.24, 2.45) is 0 Å². The molecule has 4 aromatic rings. The topological polar surface area (TPSA) is 232 Å². The van der Waals surface area contributed by atoms with E-state index in [1.807, 2.05) is 0 Å². The number of hydrogen-bond acceptors (Lipinski definition) is 12. The van der Waals surface area contributed by atoms with Crippen LogP contribution in [-0.2, 0) is 53.6 Å². The quantitative estimate of drug-likeness (QED) is 0.0875. The number of nitro benzene ring substituents is 1. The van der Waals surface area contributed by atoms with E-state index in [1.54, 1.807) is 19.1 Å². The Morgan fingerprint density at radius 3 is 1.08 bits per heavy atom. The molecule has 0 spiro atoms. The zero-order valence-corrected chi connectivity index (χ0v) is 36.3.